The van der Waals surface area contributed by atoms with Gasteiger partial charge < -0.3 is 15.0 Å². The number of rotatable bonds is 5. The number of H-pyrrole nitrogens is 1. The molecule has 0 unspecified atom stereocenters. The topological polar surface area (TPSA) is 70.2 Å². The smallest absolute Gasteiger partial charge is 0.406 e. The van der Waals surface area contributed by atoms with Crippen molar-refractivity contribution in [2.24, 2.45) is 0 Å². The van der Waals surface area contributed by atoms with Gasteiger partial charge in [0.1, 0.15) is 5.75 Å². The third kappa shape index (κ3) is 4.93. The van der Waals surface area contributed by atoms with Crippen molar-refractivity contribution >= 4 is 23.1 Å². The molecule has 158 valence electrons. The van der Waals surface area contributed by atoms with Gasteiger partial charge in [0.2, 0.25) is 0 Å². The number of amides is 1. The summed E-state index contributed by atoms with van der Waals surface area (Å²) in [6.07, 6.45) is -3.25. The van der Waals surface area contributed by atoms with Crippen LogP contribution in [0.3, 0.4) is 0 Å². The molecule has 10 heteroatoms. The number of hydrogen-bond donors (Lipinski definition) is 2. The quantitative estimate of drug-likeness (QED) is 0.621. The largest absolute Gasteiger partial charge is 0.573 e. The van der Waals surface area contributed by atoms with E-state index in [9.17, 15) is 18.0 Å². The van der Waals surface area contributed by atoms with E-state index >= 15 is 0 Å². The zero-order valence-electron chi connectivity index (χ0n) is 15.8. The van der Waals surface area contributed by atoms with Crippen molar-refractivity contribution in [3.05, 3.63) is 53.4 Å². The highest BCUT2D eigenvalue weighted by atomic mass is 32.1. The fourth-order valence-corrected chi connectivity index (χ4v) is 4.05. The molecule has 1 aliphatic rings. The van der Waals surface area contributed by atoms with E-state index in [1.165, 1.54) is 12.1 Å². The lowest BCUT2D eigenvalue weighted by Crippen LogP contribution is -2.44. The number of anilines is 1. The summed E-state index contributed by atoms with van der Waals surface area (Å²) in [7, 11) is 0. The standard InChI is InChI=1S/C20H19F3N4O2S/c21-20(22,23)29-15-5-3-13(4-6-15)19(28)24-14-7-9-27(10-8-14)18-12-16(25-26-18)17-2-1-11-30-17/h1-6,11-12,14H,7-10H2,(H,24,28)(H,25,26). The Morgan fingerprint density at radius 1 is 1.20 bits per heavy atom. The first-order valence-electron chi connectivity index (χ1n) is 9.38. The van der Waals surface area contributed by atoms with Crippen molar-refractivity contribution < 1.29 is 22.7 Å². The Labute approximate surface area is 174 Å². The van der Waals surface area contributed by atoms with Gasteiger partial charge in [0.15, 0.2) is 5.82 Å². The van der Waals surface area contributed by atoms with E-state index < -0.39 is 6.36 Å². The summed E-state index contributed by atoms with van der Waals surface area (Å²) >= 11 is 1.64. The van der Waals surface area contributed by atoms with Gasteiger partial charge in [-0.05, 0) is 48.6 Å². The second-order valence-corrected chi connectivity index (χ2v) is 7.87. The van der Waals surface area contributed by atoms with E-state index in [2.05, 4.69) is 25.2 Å². The maximum atomic E-state index is 12.4. The molecule has 30 heavy (non-hydrogen) atoms. The van der Waals surface area contributed by atoms with Crippen LogP contribution in [0.1, 0.15) is 23.2 Å². The molecule has 0 saturated carbocycles. The minimum Gasteiger partial charge on any atom is -0.406 e. The number of hydrogen-bond acceptors (Lipinski definition) is 5. The Kier molecular flexibility index (Phi) is 5.67. The number of carbonyl (C=O) groups excluding carboxylic acids is 1. The average Bonchev–Trinajstić information content (AvgIpc) is 3.40. The molecule has 0 radical (unpaired) electrons. The fourth-order valence-electron chi connectivity index (χ4n) is 3.36. The van der Waals surface area contributed by atoms with Crippen LogP contribution in [-0.2, 0) is 0 Å². The van der Waals surface area contributed by atoms with Crippen LogP contribution >= 0.6 is 11.3 Å². The van der Waals surface area contributed by atoms with Crippen LogP contribution in [0.4, 0.5) is 19.0 Å². The summed E-state index contributed by atoms with van der Waals surface area (Å²) < 4.78 is 40.5. The first-order valence-corrected chi connectivity index (χ1v) is 10.3. The van der Waals surface area contributed by atoms with Gasteiger partial charge in [-0.2, -0.15) is 5.10 Å². The van der Waals surface area contributed by atoms with Gasteiger partial charge in [0, 0.05) is 30.8 Å². The van der Waals surface area contributed by atoms with Gasteiger partial charge >= 0.3 is 6.36 Å². The van der Waals surface area contributed by atoms with Gasteiger partial charge in [-0.15, -0.1) is 24.5 Å². The summed E-state index contributed by atoms with van der Waals surface area (Å²) in [5.41, 5.74) is 1.27. The van der Waals surface area contributed by atoms with Gasteiger partial charge in [-0.25, -0.2) is 0 Å². The number of aromatic amines is 1. The summed E-state index contributed by atoms with van der Waals surface area (Å²) in [5, 5.41) is 12.4. The van der Waals surface area contributed by atoms with Crippen LogP contribution in [0.5, 0.6) is 5.75 Å². The molecule has 6 nitrogen and oxygen atoms in total. The van der Waals surface area contributed by atoms with E-state index in [0.717, 1.165) is 54.5 Å². The lowest BCUT2D eigenvalue weighted by Gasteiger charge is -2.32. The molecular weight excluding hydrogens is 417 g/mol. The van der Waals surface area contributed by atoms with Crippen molar-refractivity contribution in [2.45, 2.75) is 25.2 Å². The first-order chi connectivity index (χ1) is 14.4. The van der Waals surface area contributed by atoms with Gasteiger partial charge in [0.05, 0.1) is 10.6 Å². The molecule has 0 spiro atoms. The SMILES string of the molecule is O=C(NC1CCN(c2cc(-c3cccs3)[nH]n2)CC1)c1ccc(OC(F)(F)F)cc1. The number of benzene rings is 1. The van der Waals surface area contributed by atoms with E-state index in [4.69, 9.17) is 0 Å². The first kappa shape index (κ1) is 20.3. The third-order valence-electron chi connectivity index (χ3n) is 4.86. The van der Waals surface area contributed by atoms with E-state index in [0.29, 0.717) is 5.56 Å². The second-order valence-electron chi connectivity index (χ2n) is 6.92. The predicted octanol–water partition coefficient (Wildman–Crippen LogP) is 4.44. The highest BCUT2D eigenvalue weighted by Gasteiger charge is 2.31. The molecule has 2 N–H and O–H groups in total. The molecule has 3 heterocycles. The van der Waals surface area contributed by atoms with Crippen molar-refractivity contribution in [1.29, 1.82) is 0 Å². The Balaban J connectivity index is 1.29. The summed E-state index contributed by atoms with van der Waals surface area (Å²) in [5.74, 6) is 0.212. The van der Waals surface area contributed by atoms with Crippen molar-refractivity contribution in [3.63, 3.8) is 0 Å². The molecule has 1 aromatic carbocycles. The highest BCUT2D eigenvalue weighted by Crippen LogP contribution is 2.27. The molecule has 2 aromatic heterocycles. The highest BCUT2D eigenvalue weighted by molar-refractivity contribution is 7.13. The molecule has 1 aliphatic heterocycles. The zero-order chi connectivity index (χ0) is 21.1. The predicted molar refractivity (Wildman–Crippen MR) is 108 cm³/mol. The number of alkyl halides is 3. The molecule has 1 fully saturated rings. The van der Waals surface area contributed by atoms with Crippen LogP contribution in [0.25, 0.3) is 10.6 Å². The number of thiophene rings is 1. The second kappa shape index (κ2) is 8.39. The van der Waals surface area contributed by atoms with Crippen molar-refractivity contribution in [1.82, 2.24) is 15.5 Å². The normalized spacial score (nSPS) is 15.2. The molecule has 1 amide bonds. The Morgan fingerprint density at radius 2 is 1.93 bits per heavy atom. The number of halogens is 3. The number of aromatic nitrogens is 2. The minimum atomic E-state index is -4.75. The molecule has 4 rings (SSSR count). The van der Waals surface area contributed by atoms with Gasteiger partial charge in [-0.3, -0.25) is 9.89 Å². The Morgan fingerprint density at radius 3 is 2.57 bits per heavy atom. The molecule has 0 bridgehead atoms. The molecular formula is C20H19F3N4O2S. The summed E-state index contributed by atoms with van der Waals surface area (Å²) in [6.45, 7) is 1.50. The maximum absolute atomic E-state index is 12.4. The zero-order valence-corrected chi connectivity index (χ0v) is 16.6. The lowest BCUT2D eigenvalue weighted by atomic mass is 10.0. The Bertz CT molecular complexity index is 978. The molecule has 0 aliphatic carbocycles. The number of ether oxygens (including phenoxy) is 1. The molecule has 3 aromatic rings. The van der Waals surface area contributed by atoms with Crippen LogP contribution in [0.15, 0.2) is 47.8 Å². The van der Waals surface area contributed by atoms with Crippen LogP contribution in [-0.4, -0.2) is 41.6 Å². The number of nitrogens with one attached hydrogen (secondary N) is 2. The summed E-state index contributed by atoms with van der Waals surface area (Å²) in [6, 6.07) is 11.0. The third-order valence-corrected chi connectivity index (χ3v) is 5.76. The van der Waals surface area contributed by atoms with Gasteiger partial charge in [0.25, 0.3) is 5.91 Å². The molecule has 0 atom stereocenters. The maximum Gasteiger partial charge on any atom is 0.573 e. The molecule has 1 saturated heterocycles. The Hall–Kier alpha value is -3.01. The average molecular weight is 436 g/mol. The van der Waals surface area contributed by atoms with E-state index in [1.54, 1.807) is 11.3 Å². The van der Waals surface area contributed by atoms with Crippen molar-refractivity contribution in [3.8, 4) is 16.3 Å². The van der Waals surface area contributed by atoms with Crippen LogP contribution < -0.4 is 15.0 Å². The fraction of sp³-hybridized carbons (Fsp3) is 0.300. The van der Waals surface area contributed by atoms with E-state index in [-0.39, 0.29) is 17.7 Å². The van der Waals surface area contributed by atoms with E-state index in [1.807, 2.05) is 23.6 Å². The van der Waals surface area contributed by atoms with Crippen LogP contribution in [0.2, 0.25) is 0 Å². The van der Waals surface area contributed by atoms with Gasteiger partial charge in [-0.1, -0.05) is 6.07 Å². The van der Waals surface area contributed by atoms with Crippen LogP contribution in [0, 0.1) is 0 Å². The number of carbonyl (C=O) groups is 1. The lowest BCUT2D eigenvalue weighted by molar-refractivity contribution is -0.274. The monoisotopic (exact) mass is 436 g/mol. The van der Waals surface area contributed by atoms with Crippen molar-refractivity contribution in [2.75, 3.05) is 18.0 Å². The number of nitrogens with zero attached hydrogens (tertiary/aromatic N) is 2. The number of piperidine rings is 1. The summed E-state index contributed by atoms with van der Waals surface area (Å²) in [4.78, 5) is 15.7. The minimum absolute atomic E-state index is 0.00411.